The molecule has 12 nitrogen and oxygen atoms in total. The van der Waals surface area contributed by atoms with Crippen LogP contribution in [-0.4, -0.2) is 71.7 Å². The molecule has 3 saturated carbocycles. The largest absolute Gasteiger partial charge is 0.439 e. The molecule has 0 radical (unpaired) electrons. The molecule has 0 spiro atoms. The first-order valence-electron chi connectivity index (χ1n) is 16.4. The van der Waals surface area contributed by atoms with Crippen molar-refractivity contribution in [2.24, 2.45) is 23.7 Å². The molecule has 4 aliphatic rings. The van der Waals surface area contributed by atoms with E-state index in [-0.39, 0.29) is 41.6 Å². The van der Waals surface area contributed by atoms with Gasteiger partial charge in [0, 0.05) is 49.6 Å². The molecule has 4 fully saturated rings. The fourth-order valence-electron chi connectivity index (χ4n) is 7.27. The molecule has 7 rings (SSSR count). The van der Waals surface area contributed by atoms with Gasteiger partial charge < -0.3 is 19.7 Å². The molecule has 12 heteroatoms. The van der Waals surface area contributed by atoms with Crippen molar-refractivity contribution >= 4 is 28.8 Å². The number of carbonyl (C=O) groups is 1. The summed E-state index contributed by atoms with van der Waals surface area (Å²) in [6.07, 6.45) is 15.6. The van der Waals surface area contributed by atoms with E-state index in [1.54, 1.807) is 0 Å². The third kappa shape index (κ3) is 5.46. The van der Waals surface area contributed by atoms with E-state index in [9.17, 15) is 9.59 Å². The number of terminal acetylenes is 1. The minimum Gasteiger partial charge on any atom is -0.365 e. The number of nitrogens with one attached hydrogen (secondary N) is 2. The lowest BCUT2D eigenvalue weighted by atomic mass is 9.80. The first-order chi connectivity index (χ1) is 21.3. The Hall–Kier alpha value is -3.88. The monoisotopic (exact) mass is 601 g/mol. The fraction of sp³-hybridized carbons (Fsp3) is 0.688. The van der Waals surface area contributed by atoms with Crippen molar-refractivity contribution < 1.29 is 9.32 Å². The molecule has 1 saturated heterocycles. The Morgan fingerprint density at radius 1 is 1.07 bits per heavy atom. The predicted octanol–water partition coefficient (Wildman–Crippen LogP) is 4.05. The molecule has 4 heterocycles. The van der Waals surface area contributed by atoms with Crippen LogP contribution in [0.2, 0.25) is 0 Å². The van der Waals surface area contributed by atoms with Crippen LogP contribution in [-0.2, 0) is 11.3 Å². The standard InChI is InChI=1S/C32H43N9O3/c1-5-21-9-11-22(12-10-21)17-41-25-26(33-20(4)23-7-6-8-23)34-28(29-37-32(43)44-38-29)35-27(25)36-31(41)40-16-18(2)39(15-19(40)3)30(42)24-13-14-24/h1,18-24H,6-17H2,2-4H3,(H,33,34,35)(H,37,38,43)/t18-,19+,20+,21?,22?/m0/s1. The molecular weight excluding hydrogens is 558 g/mol. The van der Waals surface area contributed by atoms with E-state index in [2.05, 4.69) is 56.5 Å². The summed E-state index contributed by atoms with van der Waals surface area (Å²) in [6, 6.07) is 0.350. The zero-order valence-corrected chi connectivity index (χ0v) is 26.0. The Balaban J connectivity index is 1.31. The summed E-state index contributed by atoms with van der Waals surface area (Å²) < 4.78 is 7.10. The van der Waals surface area contributed by atoms with Gasteiger partial charge in [-0.1, -0.05) is 11.6 Å². The van der Waals surface area contributed by atoms with Gasteiger partial charge in [0.2, 0.25) is 23.5 Å². The summed E-state index contributed by atoms with van der Waals surface area (Å²) in [5, 5.41) is 7.59. The molecule has 0 bridgehead atoms. The Kier molecular flexibility index (Phi) is 7.58. The minimum absolute atomic E-state index is 0.0664. The van der Waals surface area contributed by atoms with Gasteiger partial charge >= 0.3 is 5.76 Å². The second kappa shape index (κ2) is 11.6. The molecule has 3 aromatic rings. The van der Waals surface area contributed by atoms with Crippen LogP contribution in [0.25, 0.3) is 22.8 Å². The van der Waals surface area contributed by atoms with Gasteiger partial charge in [0.25, 0.3) is 0 Å². The quantitative estimate of drug-likeness (QED) is 0.366. The summed E-state index contributed by atoms with van der Waals surface area (Å²) in [7, 11) is 0. The summed E-state index contributed by atoms with van der Waals surface area (Å²) >= 11 is 0. The molecule has 3 atom stereocenters. The van der Waals surface area contributed by atoms with Crippen LogP contribution >= 0.6 is 0 Å². The number of aromatic nitrogens is 6. The second-order valence-corrected chi connectivity index (χ2v) is 13.7. The Morgan fingerprint density at radius 2 is 1.84 bits per heavy atom. The van der Waals surface area contributed by atoms with Crippen LogP contribution in [0.3, 0.4) is 0 Å². The SMILES string of the molecule is C#CC1CCC(Cn2c(N3C[C@H](C)N(C(=O)C4CC4)C[C@H]3C)nc3nc(-c4noc(=O)[nH]4)nc(N[C@H](C)C4CCC4)c32)CC1. The zero-order valence-electron chi connectivity index (χ0n) is 26.0. The number of hydrogen-bond acceptors (Lipinski definition) is 9. The molecule has 2 N–H and O–H groups in total. The molecular formula is C32H43N9O3. The highest BCUT2D eigenvalue weighted by atomic mass is 16.5. The first-order valence-corrected chi connectivity index (χ1v) is 16.4. The topological polar surface area (TPSA) is 138 Å². The lowest BCUT2D eigenvalue weighted by Crippen LogP contribution is -2.59. The number of fused-ring (bicyclic) bond motifs is 1. The number of anilines is 2. The van der Waals surface area contributed by atoms with Crippen molar-refractivity contribution in [1.82, 2.24) is 34.6 Å². The van der Waals surface area contributed by atoms with Crippen molar-refractivity contribution in [2.45, 2.75) is 103 Å². The van der Waals surface area contributed by atoms with Crippen LogP contribution in [0, 0.1) is 36.0 Å². The molecule has 1 aliphatic heterocycles. The molecule has 0 aromatic carbocycles. The second-order valence-electron chi connectivity index (χ2n) is 13.7. The average Bonchev–Trinajstić information content (AvgIpc) is 3.65. The smallest absolute Gasteiger partial charge is 0.365 e. The van der Waals surface area contributed by atoms with Gasteiger partial charge in [-0.15, -0.1) is 12.3 Å². The van der Waals surface area contributed by atoms with Crippen molar-refractivity contribution in [2.75, 3.05) is 23.3 Å². The zero-order chi connectivity index (χ0) is 30.5. The minimum atomic E-state index is -0.656. The van der Waals surface area contributed by atoms with Crippen molar-refractivity contribution in [3.8, 4) is 24.0 Å². The Morgan fingerprint density at radius 3 is 2.48 bits per heavy atom. The van der Waals surface area contributed by atoms with Gasteiger partial charge in [-0.25, -0.2) is 14.8 Å². The van der Waals surface area contributed by atoms with Gasteiger partial charge in [-0.3, -0.25) is 14.3 Å². The van der Waals surface area contributed by atoms with E-state index in [1.165, 1.54) is 19.3 Å². The van der Waals surface area contributed by atoms with E-state index in [0.29, 0.717) is 42.3 Å². The summed E-state index contributed by atoms with van der Waals surface area (Å²) in [5.74, 6) is 6.12. The molecule has 44 heavy (non-hydrogen) atoms. The predicted molar refractivity (Wildman–Crippen MR) is 167 cm³/mol. The molecule has 3 aromatic heterocycles. The molecule has 1 amide bonds. The number of piperazine rings is 1. The number of nitrogens with zero attached hydrogens (tertiary/aromatic N) is 7. The lowest BCUT2D eigenvalue weighted by Gasteiger charge is -2.45. The highest BCUT2D eigenvalue weighted by Gasteiger charge is 2.41. The Bertz CT molecular complexity index is 1620. The number of amides is 1. The van der Waals surface area contributed by atoms with Gasteiger partial charge in [0.05, 0.1) is 0 Å². The van der Waals surface area contributed by atoms with E-state index in [1.807, 2.05) is 0 Å². The maximum absolute atomic E-state index is 13.1. The van der Waals surface area contributed by atoms with Crippen LogP contribution in [0.1, 0.15) is 78.6 Å². The van der Waals surface area contributed by atoms with Gasteiger partial charge in [-0.2, -0.15) is 4.98 Å². The van der Waals surface area contributed by atoms with Crippen molar-refractivity contribution in [1.29, 1.82) is 0 Å². The molecule has 3 aliphatic carbocycles. The Labute approximate surface area is 257 Å². The number of H-pyrrole nitrogens is 1. The number of rotatable bonds is 8. The van der Waals surface area contributed by atoms with E-state index < -0.39 is 5.76 Å². The number of aromatic amines is 1. The highest BCUT2D eigenvalue weighted by molar-refractivity contribution is 5.88. The van der Waals surface area contributed by atoms with E-state index >= 15 is 0 Å². The van der Waals surface area contributed by atoms with Crippen LogP contribution in [0.15, 0.2) is 9.32 Å². The third-order valence-corrected chi connectivity index (χ3v) is 10.4. The number of hydrogen-bond donors (Lipinski definition) is 2. The van der Waals surface area contributed by atoms with Crippen LogP contribution < -0.4 is 16.0 Å². The van der Waals surface area contributed by atoms with Crippen molar-refractivity contribution in [3.63, 3.8) is 0 Å². The fourth-order valence-corrected chi connectivity index (χ4v) is 7.27. The maximum Gasteiger partial charge on any atom is 0.439 e. The lowest BCUT2D eigenvalue weighted by molar-refractivity contribution is -0.135. The number of carbonyl (C=O) groups excluding carboxylic acids is 1. The number of imidazole rings is 1. The third-order valence-electron chi connectivity index (χ3n) is 10.4. The van der Waals surface area contributed by atoms with Crippen molar-refractivity contribution in [3.05, 3.63) is 10.6 Å². The summed E-state index contributed by atoms with van der Waals surface area (Å²) in [4.78, 5) is 46.9. The molecule has 234 valence electrons. The summed E-state index contributed by atoms with van der Waals surface area (Å²) in [5.41, 5.74) is 1.40. The van der Waals surface area contributed by atoms with Crippen LogP contribution in [0.5, 0.6) is 0 Å². The highest BCUT2D eigenvalue weighted by Crippen LogP contribution is 2.38. The normalized spacial score (nSPS) is 26.8. The maximum atomic E-state index is 13.1. The first kappa shape index (κ1) is 28.9. The van der Waals surface area contributed by atoms with Gasteiger partial charge in [0.1, 0.15) is 5.52 Å². The summed E-state index contributed by atoms with van der Waals surface area (Å²) in [6.45, 7) is 8.65. The molecule has 0 unspecified atom stereocenters. The van der Waals surface area contributed by atoms with E-state index in [0.717, 1.165) is 56.5 Å². The van der Waals surface area contributed by atoms with Gasteiger partial charge in [-0.05, 0) is 84.0 Å². The van der Waals surface area contributed by atoms with Gasteiger partial charge in [0.15, 0.2) is 11.5 Å². The van der Waals surface area contributed by atoms with E-state index in [4.69, 9.17) is 25.9 Å². The van der Waals surface area contributed by atoms with Crippen LogP contribution in [0.4, 0.5) is 11.8 Å². The average molecular weight is 602 g/mol.